The van der Waals surface area contributed by atoms with Crippen LogP contribution in [0.5, 0.6) is 0 Å². The zero-order valence-electron chi connectivity index (χ0n) is 34.3. The van der Waals surface area contributed by atoms with Crippen LogP contribution in [0.15, 0.2) is 24.3 Å². The van der Waals surface area contributed by atoms with Gasteiger partial charge in [0.15, 0.2) is 5.12 Å². The fourth-order valence-electron chi connectivity index (χ4n) is 5.63. The Bertz CT molecular complexity index is 953. The first-order chi connectivity index (χ1) is 25.0. The largest absolute Gasteiger partial charge is 0.472 e. The van der Waals surface area contributed by atoms with Crippen molar-refractivity contribution in [3.05, 3.63) is 24.3 Å². The number of quaternary nitrogens is 1. The average Bonchev–Trinajstić information content (AvgIpc) is 3.09. The van der Waals surface area contributed by atoms with Gasteiger partial charge in [0.1, 0.15) is 19.8 Å². The Labute approximate surface area is 324 Å². The van der Waals surface area contributed by atoms with Crippen molar-refractivity contribution in [2.24, 2.45) is 0 Å². The molecule has 0 heterocycles. The number of hydrogen-bond donors (Lipinski definition) is 1. The van der Waals surface area contributed by atoms with Crippen LogP contribution in [0.25, 0.3) is 0 Å². The number of phosphoric acid groups is 1. The highest BCUT2D eigenvalue weighted by Gasteiger charge is 2.26. The van der Waals surface area contributed by atoms with Crippen LogP contribution in [0.1, 0.15) is 181 Å². The summed E-state index contributed by atoms with van der Waals surface area (Å²) in [7, 11) is 1.59. The molecule has 0 aliphatic rings. The second-order valence-corrected chi connectivity index (χ2v) is 18.2. The van der Waals surface area contributed by atoms with Crippen molar-refractivity contribution in [3.8, 4) is 0 Å². The molecule has 0 bridgehead atoms. The van der Waals surface area contributed by atoms with Crippen molar-refractivity contribution in [2.45, 2.75) is 186 Å². The number of carbonyl (C=O) groups excluding carboxylic acids is 2. The van der Waals surface area contributed by atoms with E-state index in [4.69, 9.17) is 13.8 Å². The first kappa shape index (κ1) is 51.0. The quantitative estimate of drug-likeness (QED) is 0.0218. The molecular formula is C42H81NO7PS+. The predicted octanol–water partition coefficient (Wildman–Crippen LogP) is 12.3. The van der Waals surface area contributed by atoms with Crippen LogP contribution < -0.4 is 0 Å². The lowest BCUT2D eigenvalue weighted by atomic mass is 10.0. The van der Waals surface area contributed by atoms with Crippen molar-refractivity contribution in [3.63, 3.8) is 0 Å². The van der Waals surface area contributed by atoms with Gasteiger partial charge in [0, 0.05) is 12.8 Å². The highest BCUT2D eigenvalue weighted by Crippen LogP contribution is 2.43. The van der Waals surface area contributed by atoms with Gasteiger partial charge < -0.3 is 14.1 Å². The van der Waals surface area contributed by atoms with Gasteiger partial charge in [-0.15, -0.1) is 0 Å². The van der Waals surface area contributed by atoms with E-state index in [1.807, 2.05) is 21.1 Å². The van der Waals surface area contributed by atoms with E-state index in [2.05, 4.69) is 38.2 Å². The Morgan fingerprint density at radius 2 is 1.10 bits per heavy atom. The van der Waals surface area contributed by atoms with E-state index >= 15 is 0 Å². The van der Waals surface area contributed by atoms with Crippen LogP contribution >= 0.6 is 19.6 Å². The molecule has 0 saturated heterocycles. The van der Waals surface area contributed by atoms with Crippen molar-refractivity contribution in [1.82, 2.24) is 0 Å². The number of thioether (sulfide) groups is 1. The third-order valence-corrected chi connectivity index (χ3v) is 11.0. The zero-order valence-corrected chi connectivity index (χ0v) is 36.0. The van der Waals surface area contributed by atoms with Gasteiger partial charge in [0.05, 0.1) is 33.0 Å². The number of unbranched alkanes of at least 4 members (excludes halogenated alkanes) is 20. The SMILES string of the molecule is CCCCC/C=C\C/C=C\CCCCCCCC(=O)SC(COC(=O)CCCCCCCCCCCCCCC)COP(=O)(O)OCC[N+](C)(C)C. The first-order valence-corrected chi connectivity index (χ1v) is 23.4. The molecule has 0 saturated carbocycles. The predicted molar refractivity (Wildman–Crippen MR) is 222 cm³/mol. The molecule has 0 amide bonds. The fourth-order valence-corrected chi connectivity index (χ4v) is 7.39. The Kier molecular flexibility index (Phi) is 35.1. The van der Waals surface area contributed by atoms with Gasteiger partial charge in [0.2, 0.25) is 0 Å². The molecular weight excluding hydrogens is 694 g/mol. The van der Waals surface area contributed by atoms with Gasteiger partial charge in [0.25, 0.3) is 0 Å². The van der Waals surface area contributed by atoms with Crippen molar-refractivity contribution < 1.29 is 37.3 Å². The molecule has 306 valence electrons. The van der Waals surface area contributed by atoms with Gasteiger partial charge >= 0.3 is 13.8 Å². The average molecular weight is 775 g/mol. The van der Waals surface area contributed by atoms with Gasteiger partial charge in [-0.05, 0) is 44.9 Å². The Hall–Kier alpha value is -0.960. The molecule has 1 N–H and O–H groups in total. The molecule has 0 aromatic carbocycles. The zero-order chi connectivity index (χ0) is 38.6. The molecule has 10 heteroatoms. The summed E-state index contributed by atoms with van der Waals surface area (Å²) in [6.45, 7) is 4.82. The van der Waals surface area contributed by atoms with Crippen molar-refractivity contribution >= 4 is 30.7 Å². The number of carbonyl (C=O) groups is 2. The molecule has 8 nitrogen and oxygen atoms in total. The van der Waals surface area contributed by atoms with Crippen LogP contribution in [-0.2, 0) is 27.9 Å². The normalized spacial score (nSPS) is 14.0. The summed E-state index contributed by atoms with van der Waals surface area (Å²) in [5.41, 5.74) is 0. The molecule has 0 fully saturated rings. The molecule has 0 aromatic rings. The van der Waals surface area contributed by atoms with Gasteiger partial charge in [-0.1, -0.05) is 159 Å². The summed E-state index contributed by atoms with van der Waals surface area (Å²) >= 11 is 1.04. The Balaban J connectivity index is 4.41. The summed E-state index contributed by atoms with van der Waals surface area (Å²) in [4.78, 5) is 35.5. The van der Waals surface area contributed by atoms with Crippen molar-refractivity contribution in [1.29, 1.82) is 0 Å². The van der Waals surface area contributed by atoms with E-state index in [1.54, 1.807) is 0 Å². The monoisotopic (exact) mass is 775 g/mol. The summed E-state index contributed by atoms with van der Waals surface area (Å²) in [6.07, 6.45) is 38.2. The summed E-state index contributed by atoms with van der Waals surface area (Å²) in [5, 5.41) is -0.603. The van der Waals surface area contributed by atoms with Crippen LogP contribution in [0.3, 0.4) is 0 Å². The third kappa shape index (κ3) is 38.8. The lowest BCUT2D eigenvalue weighted by Crippen LogP contribution is -2.37. The minimum atomic E-state index is -4.30. The molecule has 0 rings (SSSR count). The number of phosphoric ester groups is 1. The lowest BCUT2D eigenvalue weighted by Gasteiger charge is -2.24. The van der Waals surface area contributed by atoms with Gasteiger partial charge in [-0.25, -0.2) is 4.57 Å². The van der Waals surface area contributed by atoms with Crippen LogP contribution in [0.4, 0.5) is 0 Å². The van der Waals surface area contributed by atoms with Gasteiger partial charge in [-0.2, -0.15) is 0 Å². The molecule has 0 radical (unpaired) electrons. The van der Waals surface area contributed by atoms with E-state index in [9.17, 15) is 19.0 Å². The maximum absolute atomic E-state index is 12.8. The molecule has 52 heavy (non-hydrogen) atoms. The molecule has 2 atom stereocenters. The smallest absolute Gasteiger partial charge is 0.464 e. The minimum absolute atomic E-state index is 0.0226. The molecule has 2 unspecified atom stereocenters. The second-order valence-electron chi connectivity index (χ2n) is 15.4. The van der Waals surface area contributed by atoms with E-state index in [1.165, 1.54) is 89.9 Å². The van der Waals surface area contributed by atoms with Crippen LogP contribution in [0, 0.1) is 0 Å². The van der Waals surface area contributed by atoms with Crippen molar-refractivity contribution in [2.75, 3.05) is 47.5 Å². The van der Waals surface area contributed by atoms with E-state index in [-0.39, 0.29) is 30.9 Å². The number of esters is 1. The maximum Gasteiger partial charge on any atom is 0.472 e. The molecule has 0 aromatic heterocycles. The first-order valence-electron chi connectivity index (χ1n) is 21.1. The summed E-state index contributed by atoms with van der Waals surface area (Å²) < 4.78 is 29.0. The molecule has 0 spiro atoms. The number of ether oxygens (including phenoxy) is 1. The third-order valence-electron chi connectivity index (χ3n) is 8.98. The molecule has 0 aliphatic carbocycles. The number of hydrogen-bond acceptors (Lipinski definition) is 7. The van der Waals surface area contributed by atoms with E-state index in [0.29, 0.717) is 23.9 Å². The van der Waals surface area contributed by atoms with E-state index in [0.717, 1.165) is 76.0 Å². The number of likely N-dealkylation sites (N-methyl/N-ethyl adjacent to an activating group) is 1. The van der Waals surface area contributed by atoms with Crippen LogP contribution in [-0.4, -0.2) is 73.2 Å². The summed E-state index contributed by atoms with van der Waals surface area (Å²) in [6, 6.07) is 0. The fraction of sp³-hybridized carbons (Fsp3) is 0.857. The maximum atomic E-state index is 12.8. The van der Waals surface area contributed by atoms with Gasteiger partial charge in [-0.3, -0.25) is 18.6 Å². The number of allylic oxidation sites excluding steroid dienone is 4. The highest BCUT2D eigenvalue weighted by molar-refractivity contribution is 8.14. The molecule has 0 aliphatic heterocycles. The Morgan fingerprint density at radius 3 is 1.63 bits per heavy atom. The standard InChI is InChI=1S/C42H80NO7PS/c1-6-8-10-12-14-16-18-20-21-23-25-27-29-31-33-35-42(45)52-40(39-50-51(46,47)49-37-36-43(3,4)5)38-48-41(44)34-32-30-28-26-24-22-19-17-15-13-11-9-7-2/h14,16,20-21,40H,6-13,15,17-19,22-39H2,1-5H3/p+1/b16-14-,21-20-. The lowest BCUT2D eigenvalue weighted by molar-refractivity contribution is -0.870. The number of nitrogens with zero attached hydrogens (tertiary/aromatic N) is 1. The number of rotatable bonds is 38. The Morgan fingerprint density at radius 1 is 0.635 bits per heavy atom. The topological polar surface area (TPSA) is 99.1 Å². The second kappa shape index (κ2) is 35.7. The summed E-state index contributed by atoms with van der Waals surface area (Å²) in [5.74, 6) is -0.304. The van der Waals surface area contributed by atoms with Crippen LogP contribution in [0.2, 0.25) is 0 Å². The highest BCUT2D eigenvalue weighted by atomic mass is 32.2. The minimum Gasteiger partial charge on any atom is -0.464 e. The van der Waals surface area contributed by atoms with E-state index < -0.39 is 13.1 Å².